The molecule has 0 N–H and O–H groups in total. The summed E-state index contributed by atoms with van der Waals surface area (Å²) in [5.41, 5.74) is 4.90. The second-order valence-corrected chi connectivity index (χ2v) is 5.56. The fourth-order valence-electron chi connectivity index (χ4n) is 2.73. The Balaban J connectivity index is 0.00000132. The summed E-state index contributed by atoms with van der Waals surface area (Å²) in [6, 6.07) is 16.4. The third-order valence-electron chi connectivity index (χ3n) is 3.81. The Kier molecular flexibility index (Phi) is 3.87. The highest BCUT2D eigenvalue weighted by Gasteiger charge is 2.17. The number of imidazole rings is 1. The number of nitrogens with zero attached hydrogens (tertiary/aromatic N) is 2. The average Bonchev–Trinajstić information content (AvgIpc) is 2.88. The Morgan fingerprint density at radius 3 is 2.43 bits per heavy atom. The standard InChI is InChI=1S/C17H13ClN2.BrH/c18-15-7-5-12(6-8-15)16-11-20-10-14-4-2-1-3-13(14)9-17(20)19-16;/h1-8,11H,9-10H2;1H. The van der Waals surface area contributed by atoms with Crippen LogP contribution in [0.2, 0.25) is 5.02 Å². The van der Waals surface area contributed by atoms with E-state index in [0.717, 1.165) is 35.1 Å². The summed E-state index contributed by atoms with van der Waals surface area (Å²) in [4.78, 5) is 4.77. The molecule has 21 heavy (non-hydrogen) atoms. The van der Waals surface area contributed by atoms with Crippen molar-refractivity contribution in [2.75, 3.05) is 0 Å². The summed E-state index contributed by atoms with van der Waals surface area (Å²) in [5.74, 6) is 1.13. The van der Waals surface area contributed by atoms with Crippen LogP contribution in [-0.2, 0) is 13.0 Å². The third kappa shape index (κ3) is 2.63. The molecule has 0 atom stereocenters. The van der Waals surface area contributed by atoms with Crippen LogP contribution >= 0.6 is 28.6 Å². The number of rotatable bonds is 1. The van der Waals surface area contributed by atoms with E-state index < -0.39 is 0 Å². The zero-order valence-electron chi connectivity index (χ0n) is 11.3. The average molecular weight is 362 g/mol. The topological polar surface area (TPSA) is 17.8 Å². The van der Waals surface area contributed by atoms with Crippen LogP contribution in [0.25, 0.3) is 11.3 Å². The summed E-state index contributed by atoms with van der Waals surface area (Å²) in [5, 5.41) is 0.755. The molecule has 0 spiro atoms. The van der Waals surface area contributed by atoms with Gasteiger partial charge in [-0.3, -0.25) is 0 Å². The van der Waals surface area contributed by atoms with Crippen LogP contribution in [0, 0.1) is 0 Å². The van der Waals surface area contributed by atoms with E-state index in [-0.39, 0.29) is 17.0 Å². The number of hydrogen-bond donors (Lipinski definition) is 0. The van der Waals surface area contributed by atoms with Gasteiger partial charge in [0.15, 0.2) is 0 Å². The van der Waals surface area contributed by atoms with Crippen LogP contribution in [-0.4, -0.2) is 9.55 Å². The van der Waals surface area contributed by atoms with Gasteiger partial charge in [0, 0.05) is 29.7 Å². The van der Waals surface area contributed by atoms with Gasteiger partial charge in [0.25, 0.3) is 0 Å². The molecule has 1 aliphatic heterocycles. The molecule has 0 fully saturated rings. The monoisotopic (exact) mass is 360 g/mol. The van der Waals surface area contributed by atoms with E-state index >= 15 is 0 Å². The van der Waals surface area contributed by atoms with Crippen LogP contribution < -0.4 is 0 Å². The maximum atomic E-state index is 5.94. The van der Waals surface area contributed by atoms with Crippen LogP contribution in [0.5, 0.6) is 0 Å². The lowest BCUT2D eigenvalue weighted by Gasteiger charge is -2.17. The van der Waals surface area contributed by atoms with Gasteiger partial charge in [-0.25, -0.2) is 4.98 Å². The van der Waals surface area contributed by atoms with Crippen molar-refractivity contribution >= 4 is 28.6 Å². The van der Waals surface area contributed by atoms with E-state index in [1.54, 1.807) is 0 Å². The molecule has 106 valence electrons. The molecular formula is C17H14BrClN2. The predicted molar refractivity (Wildman–Crippen MR) is 91.3 cm³/mol. The SMILES string of the molecule is Br.Clc1ccc(-c2cn3c(n2)Cc2ccccc2C3)cc1. The normalized spacial score (nSPS) is 12.2. The zero-order chi connectivity index (χ0) is 13.5. The number of benzene rings is 2. The van der Waals surface area contributed by atoms with Gasteiger partial charge in [0.05, 0.1) is 5.69 Å². The van der Waals surface area contributed by atoms with Gasteiger partial charge in [0.2, 0.25) is 0 Å². The second kappa shape index (κ2) is 5.66. The summed E-state index contributed by atoms with van der Waals surface area (Å²) < 4.78 is 2.24. The lowest BCUT2D eigenvalue weighted by molar-refractivity contribution is 0.701. The lowest BCUT2D eigenvalue weighted by atomic mass is 10.0. The van der Waals surface area contributed by atoms with Gasteiger partial charge in [-0.1, -0.05) is 48.0 Å². The van der Waals surface area contributed by atoms with Crippen LogP contribution in [0.4, 0.5) is 0 Å². The van der Waals surface area contributed by atoms with Gasteiger partial charge in [-0.05, 0) is 23.3 Å². The van der Waals surface area contributed by atoms with Crippen LogP contribution in [0.3, 0.4) is 0 Å². The fraction of sp³-hybridized carbons (Fsp3) is 0.118. The van der Waals surface area contributed by atoms with Crippen molar-refractivity contribution in [2.45, 2.75) is 13.0 Å². The maximum Gasteiger partial charge on any atom is 0.114 e. The highest BCUT2D eigenvalue weighted by molar-refractivity contribution is 8.93. The van der Waals surface area contributed by atoms with Crippen molar-refractivity contribution in [1.29, 1.82) is 0 Å². The molecular weight excluding hydrogens is 348 g/mol. The Bertz CT molecular complexity index is 735. The third-order valence-corrected chi connectivity index (χ3v) is 4.06. The zero-order valence-corrected chi connectivity index (χ0v) is 13.8. The van der Waals surface area contributed by atoms with E-state index in [4.69, 9.17) is 16.6 Å². The molecule has 2 aromatic carbocycles. The lowest BCUT2D eigenvalue weighted by Crippen LogP contribution is -2.13. The molecule has 4 heteroatoms. The van der Waals surface area contributed by atoms with E-state index in [1.165, 1.54) is 11.1 Å². The predicted octanol–water partition coefficient (Wildman–Crippen LogP) is 4.73. The molecule has 4 rings (SSSR count). The number of hydrogen-bond acceptors (Lipinski definition) is 1. The molecule has 1 aromatic heterocycles. The van der Waals surface area contributed by atoms with Gasteiger partial charge in [0.1, 0.15) is 5.82 Å². The molecule has 0 radical (unpaired) electrons. The minimum atomic E-state index is 0. The summed E-state index contributed by atoms with van der Waals surface area (Å²) in [7, 11) is 0. The molecule has 3 aromatic rings. The first-order valence-electron chi connectivity index (χ1n) is 6.68. The van der Waals surface area contributed by atoms with Crippen molar-refractivity contribution in [3.05, 3.63) is 76.7 Å². The molecule has 0 saturated carbocycles. The first kappa shape index (κ1) is 14.4. The Morgan fingerprint density at radius 1 is 0.952 bits per heavy atom. The van der Waals surface area contributed by atoms with Gasteiger partial charge in [-0.15, -0.1) is 17.0 Å². The molecule has 0 aliphatic carbocycles. The highest BCUT2D eigenvalue weighted by Crippen LogP contribution is 2.26. The first-order chi connectivity index (χ1) is 9.79. The van der Waals surface area contributed by atoms with Gasteiger partial charge >= 0.3 is 0 Å². The van der Waals surface area contributed by atoms with E-state index in [0.29, 0.717) is 0 Å². The van der Waals surface area contributed by atoms with Crippen molar-refractivity contribution in [1.82, 2.24) is 9.55 Å². The number of aromatic nitrogens is 2. The first-order valence-corrected chi connectivity index (χ1v) is 7.06. The maximum absolute atomic E-state index is 5.94. The molecule has 1 aliphatic rings. The Labute approximate surface area is 139 Å². The molecule has 0 bridgehead atoms. The van der Waals surface area contributed by atoms with Gasteiger partial charge in [-0.2, -0.15) is 0 Å². The van der Waals surface area contributed by atoms with Crippen LogP contribution in [0.15, 0.2) is 54.7 Å². The molecule has 2 heterocycles. The largest absolute Gasteiger partial charge is 0.330 e. The molecule has 0 amide bonds. The number of fused-ring (bicyclic) bond motifs is 2. The summed E-state index contributed by atoms with van der Waals surface area (Å²) in [6.07, 6.45) is 3.04. The van der Waals surface area contributed by atoms with Crippen molar-refractivity contribution in [3.8, 4) is 11.3 Å². The van der Waals surface area contributed by atoms with Crippen LogP contribution in [0.1, 0.15) is 17.0 Å². The molecule has 2 nitrogen and oxygen atoms in total. The fourth-order valence-corrected chi connectivity index (χ4v) is 2.86. The van der Waals surface area contributed by atoms with E-state index in [1.807, 2.05) is 24.3 Å². The summed E-state index contributed by atoms with van der Waals surface area (Å²) in [6.45, 7) is 0.909. The quantitative estimate of drug-likeness (QED) is 0.479. The van der Waals surface area contributed by atoms with E-state index in [9.17, 15) is 0 Å². The second-order valence-electron chi connectivity index (χ2n) is 5.12. The Morgan fingerprint density at radius 2 is 1.67 bits per heavy atom. The smallest absolute Gasteiger partial charge is 0.114 e. The number of halogens is 2. The molecule has 0 unspecified atom stereocenters. The Hall–Kier alpha value is -1.58. The van der Waals surface area contributed by atoms with E-state index in [2.05, 4.69) is 35.0 Å². The van der Waals surface area contributed by atoms with Crippen molar-refractivity contribution in [2.24, 2.45) is 0 Å². The van der Waals surface area contributed by atoms with Crippen molar-refractivity contribution < 1.29 is 0 Å². The van der Waals surface area contributed by atoms with Gasteiger partial charge < -0.3 is 4.57 Å². The molecule has 0 saturated heterocycles. The highest BCUT2D eigenvalue weighted by atomic mass is 79.9. The minimum absolute atomic E-state index is 0. The van der Waals surface area contributed by atoms with Crippen molar-refractivity contribution in [3.63, 3.8) is 0 Å². The minimum Gasteiger partial charge on any atom is -0.330 e. The summed E-state index contributed by atoms with van der Waals surface area (Å²) >= 11 is 5.94.